The highest BCUT2D eigenvalue weighted by Gasteiger charge is 2.15. The fourth-order valence-electron chi connectivity index (χ4n) is 1.29. The van der Waals surface area contributed by atoms with Gasteiger partial charge < -0.3 is 5.32 Å². The SMILES string of the molecule is C#CCCCNC(=O)c1ccc([N+](=O)[O-])cc1F. The van der Waals surface area contributed by atoms with E-state index in [1.165, 1.54) is 0 Å². The molecular formula is C12H11FN2O3. The molecule has 5 nitrogen and oxygen atoms in total. The summed E-state index contributed by atoms with van der Waals surface area (Å²) in [5.74, 6) is 0.883. The second kappa shape index (κ2) is 6.35. The highest BCUT2D eigenvalue weighted by molar-refractivity contribution is 5.94. The summed E-state index contributed by atoms with van der Waals surface area (Å²) >= 11 is 0. The maximum atomic E-state index is 13.4. The Morgan fingerprint density at radius 1 is 1.56 bits per heavy atom. The molecule has 0 spiro atoms. The number of terminal acetylenes is 1. The number of nitrogens with one attached hydrogen (secondary N) is 1. The number of benzene rings is 1. The zero-order valence-electron chi connectivity index (χ0n) is 9.48. The van der Waals surface area contributed by atoms with Crippen molar-refractivity contribution >= 4 is 11.6 Å². The first kappa shape index (κ1) is 13.6. The number of hydrogen-bond donors (Lipinski definition) is 1. The van der Waals surface area contributed by atoms with Gasteiger partial charge in [0.25, 0.3) is 11.6 Å². The highest BCUT2D eigenvalue weighted by atomic mass is 19.1. The molecule has 0 atom stereocenters. The third kappa shape index (κ3) is 3.56. The van der Waals surface area contributed by atoms with Crippen LogP contribution in [0.3, 0.4) is 0 Å². The second-order valence-electron chi connectivity index (χ2n) is 3.48. The van der Waals surface area contributed by atoms with Crippen LogP contribution in [0.5, 0.6) is 0 Å². The van der Waals surface area contributed by atoms with E-state index in [1.807, 2.05) is 0 Å². The monoisotopic (exact) mass is 250 g/mol. The van der Waals surface area contributed by atoms with Crippen molar-refractivity contribution in [2.24, 2.45) is 0 Å². The Balaban J connectivity index is 2.69. The second-order valence-corrected chi connectivity index (χ2v) is 3.48. The Kier molecular flexibility index (Phi) is 4.81. The van der Waals surface area contributed by atoms with E-state index in [9.17, 15) is 19.3 Å². The number of rotatable bonds is 5. The van der Waals surface area contributed by atoms with Crippen LogP contribution < -0.4 is 5.32 Å². The quantitative estimate of drug-likeness (QED) is 0.375. The average Bonchev–Trinajstić information content (AvgIpc) is 2.34. The number of nitro benzene ring substituents is 1. The first-order valence-corrected chi connectivity index (χ1v) is 5.22. The minimum atomic E-state index is -0.918. The predicted octanol–water partition coefficient (Wildman–Crippen LogP) is 1.88. The van der Waals surface area contributed by atoms with Gasteiger partial charge in [-0.1, -0.05) is 0 Å². The molecule has 1 rings (SSSR count). The van der Waals surface area contributed by atoms with E-state index in [0.717, 1.165) is 18.2 Å². The van der Waals surface area contributed by atoms with E-state index in [4.69, 9.17) is 6.42 Å². The number of non-ortho nitro benzene ring substituents is 1. The van der Waals surface area contributed by atoms with E-state index < -0.39 is 22.3 Å². The van der Waals surface area contributed by atoms with Gasteiger partial charge in [-0.25, -0.2) is 4.39 Å². The number of carbonyl (C=O) groups is 1. The van der Waals surface area contributed by atoms with E-state index >= 15 is 0 Å². The minimum absolute atomic E-state index is 0.221. The lowest BCUT2D eigenvalue weighted by molar-refractivity contribution is -0.385. The molecule has 0 unspecified atom stereocenters. The number of nitrogens with zero attached hydrogens (tertiary/aromatic N) is 1. The number of nitro groups is 1. The topological polar surface area (TPSA) is 72.2 Å². The molecule has 1 N–H and O–H groups in total. The molecule has 1 amide bonds. The molecule has 0 aliphatic carbocycles. The summed E-state index contributed by atoms with van der Waals surface area (Å²) in [4.78, 5) is 21.2. The van der Waals surface area contributed by atoms with Crippen molar-refractivity contribution in [3.8, 4) is 12.3 Å². The minimum Gasteiger partial charge on any atom is -0.352 e. The third-order valence-electron chi connectivity index (χ3n) is 2.19. The molecule has 0 aromatic heterocycles. The predicted molar refractivity (Wildman–Crippen MR) is 63.5 cm³/mol. The van der Waals surface area contributed by atoms with Crippen molar-refractivity contribution in [1.82, 2.24) is 5.32 Å². The Bertz CT molecular complexity index is 509. The van der Waals surface area contributed by atoms with Crippen molar-refractivity contribution < 1.29 is 14.1 Å². The lowest BCUT2D eigenvalue weighted by Gasteiger charge is -2.04. The summed E-state index contributed by atoms with van der Waals surface area (Å²) in [6, 6.07) is 2.89. The number of unbranched alkanes of at least 4 members (excludes halogenated alkanes) is 1. The third-order valence-corrected chi connectivity index (χ3v) is 2.19. The van der Waals surface area contributed by atoms with Crippen LogP contribution in [-0.2, 0) is 0 Å². The molecule has 0 saturated carbocycles. The van der Waals surface area contributed by atoms with Gasteiger partial charge in [-0.2, -0.15) is 0 Å². The van der Waals surface area contributed by atoms with Crippen LogP contribution in [-0.4, -0.2) is 17.4 Å². The number of halogens is 1. The molecule has 0 bridgehead atoms. The smallest absolute Gasteiger partial charge is 0.272 e. The maximum Gasteiger partial charge on any atom is 0.272 e. The molecule has 0 saturated heterocycles. The van der Waals surface area contributed by atoms with Gasteiger partial charge in [0.1, 0.15) is 5.82 Å². The van der Waals surface area contributed by atoms with E-state index in [0.29, 0.717) is 19.4 Å². The summed E-state index contributed by atoms with van der Waals surface area (Å²) < 4.78 is 13.4. The van der Waals surface area contributed by atoms with Crippen LogP contribution in [0.25, 0.3) is 0 Å². The summed E-state index contributed by atoms with van der Waals surface area (Å²) in [6.07, 6.45) is 6.15. The zero-order valence-corrected chi connectivity index (χ0v) is 9.48. The molecule has 0 aliphatic rings. The summed E-state index contributed by atoms with van der Waals surface area (Å²) in [7, 11) is 0. The van der Waals surface area contributed by atoms with Crippen molar-refractivity contribution in [1.29, 1.82) is 0 Å². The Morgan fingerprint density at radius 2 is 2.28 bits per heavy atom. The van der Waals surface area contributed by atoms with Gasteiger partial charge in [0.05, 0.1) is 16.6 Å². The zero-order chi connectivity index (χ0) is 13.5. The van der Waals surface area contributed by atoms with Crippen LogP contribution in [0.1, 0.15) is 23.2 Å². The first-order chi connectivity index (χ1) is 8.56. The molecule has 6 heteroatoms. The van der Waals surface area contributed by atoms with Gasteiger partial charge in [0.15, 0.2) is 0 Å². The van der Waals surface area contributed by atoms with E-state index in [-0.39, 0.29) is 5.56 Å². The molecular weight excluding hydrogens is 239 g/mol. The van der Waals surface area contributed by atoms with Crippen molar-refractivity contribution in [2.75, 3.05) is 6.54 Å². The van der Waals surface area contributed by atoms with E-state index in [2.05, 4.69) is 11.2 Å². The van der Waals surface area contributed by atoms with Crippen molar-refractivity contribution in [3.05, 3.63) is 39.7 Å². The molecule has 0 heterocycles. The summed E-state index contributed by atoms with van der Waals surface area (Å²) in [5, 5.41) is 12.9. The molecule has 0 radical (unpaired) electrons. The Morgan fingerprint density at radius 3 is 2.83 bits per heavy atom. The largest absolute Gasteiger partial charge is 0.352 e. The molecule has 0 fully saturated rings. The Hall–Kier alpha value is -2.42. The van der Waals surface area contributed by atoms with Crippen LogP contribution in [0, 0.1) is 28.3 Å². The fourth-order valence-corrected chi connectivity index (χ4v) is 1.29. The molecule has 1 aromatic carbocycles. The molecule has 18 heavy (non-hydrogen) atoms. The van der Waals surface area contributed by atoms with Crippen molar-refractivity contribution in [2.45, 2.75) is 12.8 Å². The summed E-state index contributed by atoms with van der Waals surface area (Å²) in [6.45, 7) is 0.333. The summed E-state index contributed by atoms with van der Waals surface area (Å²) in [5.41, 5.74) is -0.613. The fraction of sp³-hybridized carbons (Fsp3) is 0.250. The molecule has 0 aliphatic heterocycles. The van der Waals surface area contributed by atoms with Gasteiger partial charge in [0, 0.05) is 19.0 Å². The number of carbonyl (C=O) groups excluding carboxylic acids is 1. The average molecular weight is 250 g/mol. The maximum absolute atomic E-state index is 13.4. The highest BCUT2D eigenvalue weighted by Crippen LogP contribution is 2.16. The standard InChI is InChI=1S/C12H11FN2O3/c1-2-3-4-7-14-12(16)10-6-5-9(15(17)18)8-11(10)13/h1,5-6,8H,3-4,7H2,(H,14,16). The molecule has 1 aromatic rings. The lowest BCUT2D eigenvalue weighted by Crippen LogP contribution is -2.25. The van der Waals surface area contributed by atoms with Gasteiger partial charge in [-0.15, -0.1) is 12.3 Å². The normalized spacial score (nSPS) is 9.56. The van der Waals surface area contributed by atoms with Crippen LogP contribution in [0.2, 0.25) is 0 Å². The van der Waals surface area contributed by atoms with Gasteiger partial charge in [-0.05, 0) is 12.5 Å². The van der Waals surface area contributed by atoms with Crippen molar-refractivity contribution in [3.63, 3.8) is 0 Å². The van der Waals surface area contributed by atoms with Crippen LogP contribution >= 0.6 is 0 Å². The number of amides is 1. The Labute approximate surface area is 103 Å². The number of hydrogen-bond acceptors (Lipinski definition) is 3. The van der Waals surface area contributed by atoms with Gasteiger partial charge >= 0.3 is 0 Å². The van der Waals surface area contributed by atoms with Gasteiger partial charge in [-0.3, -0.25) is 14.9 Å². The lowest BCUT2D eigenvalue weighted by atomic mass is 10.1. The first-order valence-electron chi connectivity index (χ1n) is 5.22. The van der Waals surface area contributed by atoms with E-state index in [1.54, 1.807) is 0 Å². The molecule has 94 valence electrons. The van der Waals surface area contributed by atoms with Crippen LogP contribution in [0.4, 0.5) is 10.1 Å². The van der Waals surface area contributed by atoms with Gasteiger partial charge in [0.2, 0.25) is 0 Å². The van der Waals surface area contributed by atoms with Crippen LogP contribution in [0.15, 0.2) is 18.2 Å².